The SMILES string of the molecule is CCC1CCCC(NC(=O)C2CC2C(=O)O)C1. The molecule has 2 aliphatic rings. The van der Waals surface area contributed by atoms with Crippen LogP contribution in [0.15, 0.2) is 0 Å². The molecule has 0 saturated heterocycles. The van der Waals surface area contributed by atoms with Crippen LogP contribution in [0, 0.1) is 17.8 Å². The molecule has 0 aromatic heterocycles. The third kappa shape index (κ3) is 2.99. The highest BCUT2D eigenvalue weighted by atomic mass is 16.4. The first-order chi connectivity index (χ1) is 8.11. The van der Waals surface area contributed by atoms with Gasteiger partial charge in [-0.1, -0.05) is 26.2 Å². The second kappa shape index (κ2) is 5.07. The van der Waals surface area contributed by atoms with Gasteiger partial charge in [0, 0.05) is 6.04 Å². The quantitative estimate of drug-likeness (QED) is 0.786. The van der Waals surface area contributed by atoms with E-state index in [1.54, 1.807) is 0 Å². The summed E-state index contributed by atoms with van der Waals surface area (Å²) >= 11 is 0. The van der Waals surface area contributed by atoms with E-state index < -0.39 is 11.9 Å². The molecule has 0 aromatic carbocycles. The van der Waals surface area contributed by atoms with Gasteiger partial charge in [-0.3, -0.25) is 9.59 Å². The minimum Gasteiger partial charge on any atom is -0.481 e. The number of amides is 1. The lowest BCUT2D eigenvalue weighted by molar-refractivity contribution is -0.140. The Morgan fingerprint density at radius 3 is 2.59 bits per heavy atom. The Labute approximate surface area is 102 Å². The minimum atomic E-state index is -0.833. The lowest BCUT2D eigenvalue weighted by Crippen LogP contribution is -2.39. The van der Waals surface area contributed by atoms with Gasteiger partial charge in [-0.15, -0.1) is 0 Å². The van der Waals surface area contributed by atoms with Gasteiger partial charge in [0.2, 0.25) is 5.91 Å². The van der Waals surface area contributed by atoms with E-state index in [1.165, 1.54) is 19.3 Å². The Bertz CT molecular complexity index is 316. The van der Waals surface area contributed by atoms with Crippen LogP contribution >= 0.6 is 0 Å². The maximum Gasteiger partial charge on any atom is 0.307 e. The van der Waals surface area contributed by atoms with Crippen LogP contribution in [0.5, 0.6) is 0 Å². The normalized spacial score (nSPS) is 36.3. The molecule has 2 fully saturated rings. The summed E-state index contributed by atoms with van der Waals surface area (Å²) in [7, 11) is 0. The van der Waals surface area contributed by atoms with Crippen molar-refractivity contribution in [3.05, 3.63) is 0 Å². The van der Waals surface area contributed by atoms with Crippen molar-refractivity contribution >= 4 is 11.9 Å². The third-order valence-electron chi connectivity index (χ3n) is 4.15. The molecule has 0 aromatic rings. The molecule has 0 bridgehead atoms. The second-order valence-corrected chi connectivity index (χ2v) is 5.43. The molecule has 4 atom stereocenters. The summed E-state index contributed by atoms with van der Waals surface area (Å²) in [5.74, 6) is -0.849. The number of hydrogen-bond donors (Lipinski definition) is 2. The fraction of sp³-hybridized carbons (Fsp3) is 0.846. The topological polar surface area (TPSA) is 66.4 Å². The third-order valence-corrected chi connectivity index (χ3v) is 4.15. The average Bonchev–Trinajstić information content (AvgIpc) is 3.09. The number of nitrogens with one attached hydrogen (secondary N) is 1. The summed E-state index contributed by atoms with van der Waals surface area (Å²) in [5, 5.41) is 11.8. The molecule has 17 heavy (non-hydrogen) atoms. The minimum absolute atomic E-state index is 0.0425. The number of aliphatic carboxylic acids is 1. The molecule has 2 saturated carbocycles. The van der Waals surface area contributed by atoms with Crippen LogP contribution in [0.1, 0.15) is 45.4 Å². The monoisotopic (exact) mass is 239 g/mol. The molecule has 96 valence electrons. The number of rotatable bonds is 4. The van der Waals surface area contributed by atoms with E-state index in [-0.39, 0.29) is 17.9 Å². The van der Waals surface area contributed by atoms with Crippen molar-refractivity contribution in [1.82, 2.24) is 5.32 Å². The summed E-state index contributed by atoms with van der Waals surface area (Å²) in [5.41, 5.74) is 0. The first kappa shape index (κ1) is 12.4. The Balaban J connectivity index is 1.77. The summed E-state index contributed by atoms with van der Waals surface area (Å²) in [6.45, 7) is 2.19. The Hall–Kier alpha value is -1.06. The zero-order valence-corrected chi connectivity index (χ0v) is 10.3. The summed E-state index contributed by atoms with van der Waals surface area (Å²) in [4.78, 5) is 22.5. The molecule has 0 aliphatic heterocycles. The van der Waals surface area contributed by atoms with E-state index in [4.69, 9.17) is 5.11 Å². The van der Waals surface area contributed by atoms with Crippen LogP contribution in [-0.4, -0.2) is 23.0 Å². The van der Waals surface area contributed by atoms with Gasteiger partial charge in [-0.25, -0.2) is 0 Å². The zero-order valence-electron chi connectivity index (χ0n) is 10.3. The summed E-state index contributed by atoms with van der Waals surface area (Å²) in [6, 6.07) is 0.274. The molecule has 0 spiro atoms. The molecule has 4 nitrogen and oxygen atoms in total. The largest absolute Gasteiger partial charge is 0.481 e. The number of carboxylic acids is 1. The molecular weight excluding hydrogens is 218 g/mol. The zero-order chi connectivity index (χ0) is 12.4. The second-order valence-electron chi connectivity index (χ2n) is 5.43. The van der Waals surface area contributed by atoms with Crippen molar-refractivity contribution in [2.24, 2.45) is 17.8 Å². The van der Waals surface area contributed by atoms with Gasteiger partial charge in [-0.2, -0.15) is 0 Å². The smallest absolute Gasteiger partial charge is 0.307 e. The molecule has 0 radical (unpaired) electrons. The van der Waals surface area contributed by atoms with Crippen molar-refractivity contribution in [3.63, 3.8) is 0 Å². The van der Waals surface area contributed by atoms with E-state index >= 15 is 0 Å². The van der Waals surface area contributed by atoms with E-state index in [1.807, 2.05) is 0 Å². The molecule has 2 N–H and O–H groups in total. The average molecular weight is 239 g/mol. The highest BCUT2D eigenvalue weighted by Gasteiger charge is 2.48. The predicted octanol–water partition coefficient (Wildman–Crippen LogP) is 1.79. The van der Waals surface area contributed by atoms with Crippen LogP contribution in [0.3, 0.4) is 0 Å². The van der Waals surface area contributed by atoms with Crippen LogP contribution in [-0.2, 0) is 9.59 Å². The fourth-order valence-electron chi connectivity index (χ4n) is 2.86. The van der Waals surface area contributed by atoms with Gasteiger partial charge in [-0.05, 0) is 25.2 Å². The van der Waals surface area contributed by atoms with Crippen molar-refractivity contribution in [1.29, 1.82) is 0 Å². The number of carbonyl (C=O) groups excluding carboxylic acids is 1. The molecular formula is C13H21NO3. The van der Waals surface area contributed by atoms with Crippen molar-refractivity contribution in [2.45, 2.75) is 51.5 Å². The lowest BCUT2D eigenvalue weighted by Gasteiger charge is -2.29. The maximum atomic E-state index is 11.8. The van der Waals surface area contributed by atoms with Gasteiger partial charge in [0.05, 0.1) is 11.8 Å². The summed E-state index contributed by atoms with van der Waals surface area (Å²) in [6.07, 6.45) is 6.25. The maximum absolute atomic E-state index is 11.8. The van der Waals surface area contributed by atoms with Crippen molar-refractivity contribution < 1.29 is 14.7 Å². The van der Waals surface area contributed by atoms with Crippen LogP contribution < -0.4 is 5.32 Å². The number of hydrogen-bond acceptors (Lipinski definition) is 2. The molecule has 4 heteroatoms. The van der Waals surface area contributed by atoms with Crippen LogP contribution in [0.25, 0.3) is 0 Å². The molecule has 1 amide bonds. The van der Waals surface area contributed by atoms with Gasteiger partial charge in [0.25, 0.3) is 0 Å². The van der Waals surface area contributed by atoms with Crippen molar-refractivity contribution in [3.8, 4) is 0 Å². The Kier molecular flexibility index (Phi) is 3.69. The molecule has 2 rings (SSSR count). The van der Waals surface area contributed by atoms with Gasteiger partial charge >= 0.3 is 5.97 Å². The summed E-state index contributed by atoms with van der Waals surface area (Å²) < 4.78 is 0. The highest BCUT2D eigenvalue weighted by molar-refractivity contribution is 5.89. The molecule has 4 unspecified atom stereocenters. The highest BCUT2D eigenvalue weighted by Crippen LogP contribution is 2.39. The Morgan fingerprint density at radius 2 is 2.00 bits per heavy atom. The van der Waals surface area contributed by atoms with E-state index in [9.17, 15) is 9.59 Å². The van der Waals surface area contributed by atoms with Gasteiger partial charge in [0.15, 0.2) is 0 Å². The van der Waals surface area contributed by atoms with E-state index in [0.29, 0.717) is 6.42 Å². The fourth-order valence-corrected chi connectivity index (χ4v) is 2.86. The van der Waals surface area contributed by atoms with E-state index in [2.05, 4.69) is 12.2 Å². The van der Waals surface area contributed by atoms with Gasteiger partial charge in [0.1, 0.15) is 0 Å². The van der Waals surface area contributed by atoms with Crippen LogP contribution in [0.4, 0.5) is 0 Å². The predicted molar refractivity (Wildman–Crippen MR) is 63.4 cm³/mol. The molecule has 2 aliphatic carbocycles. The van der Waals surface area contributed by atoms with Gasteiger partial charge < -0.3 is 10.4 Å². The first-order valence-corrected chi connectivity index (χ1v) is 6.65. The standard InChI is InChI=1S/C13H21NO3/c1-2-8-4-3-5-9(6-8)14-12(15)10-7-11(10)13(16)17/h8-11H,2-7H2,1H3,(H,14,15)(H,16,17). The number of carbonyl (C=O) groups is 2. The van der Waals surface area contributed by atoms with E-state index in [0.717, 1.165) is 18.8 Å². The van der Waals surface area contributed by atoms with Crippen LogP contribution in [0.2, 0.25) is 0 Å². The number of carboxylic acid groups (broad SMARTS) is 1. The molecule has 0 heterocycles. The van der Waals surface area contributed by atoms with Crippen molar-refractivity contribution in [2.75, 3.05) is 0 Å². The Morgan fingerprint density at radius 1 is 1.24 bits per heavy atom. The lowest BCUT2D eigenvalue weighted by atomic mass is 9.84. The first-order valence-electron chi connectivity index (χ1n) is 6.65.